The Morgan fingerprint density at radius 3 is 2.32 bits per heavy atom. The van der Waals surface area contributed by atoms with E-state index in [1.54, 1.807) is 6.92 Å². The van der Waals surface area contributed by atoms with Gasteiger partial charge in [0, 0.05) is 11.6 Å². The maximum Gasteiger partial charge on any atom is 0.148 e. The average Bonchev–Trinajstić information content (AvgIpc) is 2.36. The molecule has 0 saturated heterocycles. The Bertz CT molecular complexity index is 626. The summed E-state index contributed by atoms with van der Waals surface area (Å²) < 4.78 is 41.6. The van der Waals surface area contributed by atoms with Crippen LogP contribution < -0.4 is 5.73 Å². The summed E-state index contributed by atoms with van der Waals surface area (Å²) in [5, 5.41) is 0. The van der Waals surface area contributed by atoms with E-state index in [-0.39, 0.29) is 16.1 Å². The third kappa shape index (κ3) is 2.67. The summed E-state index contributed by atoms with van der Waals surface area (Å²) in [7, 11) is 0. The van der Waals surface area contributed by atoms with Crippen molar-refractivity contribution in [3.05, 3.63) is 57.8 Å². The van der Waals surface area contributed by atoms with Crippen LogP contribution in [-0.2, 0) is 0 Å². The van der Waals surface area contributed by atoms with Crippen molar-refractivity contribution in [2.45, 2.75) is 13.0 Å². The zero-order chi connectivity index (χ0) is 14.2. The van der Waals surface area contributed by atoms with Gasteiger partial charge < -0.3 is 5.73 Å². The summed E-state index contributed by atoms with van der Waals surface area (Å²) in [6.45, 7) is 1.71. The molecular weight excluding hydrogens is 319 g/mol. The number of nitrogens with two attached hydrogens (primary N) is 1. The summed E-state index contributed by atoms with van der Waals surface area (Å²) in [4.78, 5) is 0. The van der Waals surface area contributed by atoms with Gasteiger partial charge in [0.1, 0.15) is 17.5 Å². The molecule has 19 heavy (non-hydrogen) atoms. The molecule has 0 amide bonds. The van der Waals surface area contributed by atoms with Gasteiger partial charge in [-0.05, 0) is 52.7 Å². The number of benzene rings is 2. The Morgan fingerprint density at radius 2 is 1.68 bits per heavy atom. The SMILES string of the molecule is CC(N)c1ccc(F)c(-c2c(F)ccc(Br)c2F)c1. The molecule has 2 N–H and O–H groups in total. The first-order valence-electron chi connectivity index (χ1n) is 5.60. The van der Waals surface area contributed by atoms with Crippen LogP contribution in [0.15, 0.2) is 34.8 Å². The fourth-order valence-corrected chi connectivity index (χ4v) is 2.12. The molecule has 1 unspecified atom stereocenters. The number of hydrogen-bond donors (Lipinski definition) is 1. The van der Waals surface area contributed by atoms with Gasteiger partial charge in [0.05, 0.1) is 10.0 Å². The quantitative estimate of drug-likeness (QED) is 0.803. The van der Waals surface area contributed by atoms with E-state index in [1.807, 2.05) is 0 Å². The van der Waals surface area contributed by atoms with Crippen LogP contribution in [0.25, 0.3) is 11.1 Å². The number of rotatable bonds is 2. The topological polar surface area (TPSA) is 26.0 Å². The summed E-state index contributed by atoms with van der Waals surface area (Å²) in [6.07, 6.45) is 0. The molecule has 0 spiro atoms. The summed E-state index contributed by atoms with van der Waals surface area (Å²) >= 11 is 2.96. The predicted molar refractivity (Wildman–Crippen MR) is 72.1 cm³/mol. The highest BCUT2D eigenvalue weighted by molar-refractivity contribution is 9.10. The average molecular weight is 330 g/mol. The van der Waals surface area contributed by atoms with Crippen LogP contribution in [0.2, 0.25) is 0 Å². The summed E-state index contributed by atoms with van der Waals surface area (Å²) in [5.74, 6) is -2.34. The lowest BCUT2D eigenvalue weighted by atomic mass is 9.99. The van der Waals surface area contributed by atoms with E-state index < -0.39 is 23.0 Å². The molecule has 0 heterocycles. The van der Waals surface area contributed by atoms with Crippen LogP contribution in [0.1, 0.15) is 18.5 Å². The minimum Gasteiger partial charge on any atom is -0.324 e. The van der Waals surface area contributed by atoms with E-state index in [1.165, 1.54) is 18.2 Å². The van der Waals surface area contributed by atoms with Crippen molar-refractivity contribution in [2.24, 2.45) is 5.73 Å². The molecule has 0 radical (unpaired) electrons. The Balaban J connectivity index is 2.71. The van der Waals surface area contributed by atoms with Gasteiger partial charge >= 0.3 is 0 Å². The molecule has 5 heteroatoms. The van der Waals surface area contributed by atoms with Crippen LogP contribution >= 0.6 is 15.9 Å². The molecule has 0 aliphatic carbocycles. The maximum atomic E-state index is 14.0. The molecule has 1 atom stereocenters. The van der Waals surface area contributed by atoms with E-state index in [4.69, 9.17) is 5.73 Å². The van der Waals surface area contributed by atoms with Gasteiger partial charge in [0.15, 0.2) is 0 Å². The van der Waals surface area contributed by atoms with Crippen LogP contribution in [0.3, 0.4) is 0 Å². The normalized spacial score (nSPS) is 12.5. The molecule has 1 nitrogen and oxygen atoms in total. The van der Waals surface area contributed by atoms with Crippen molar-refractivity contribution < 1.29 is 13.2 Å². The molecule has 0 bridgehead atoms. The molecular formula is C14H11BrF3N. The van der Waals surface area contributed by atoms with Crippen molar-refractivity contribution >= 4 is 15.9 Å². The fraction of sp³-hybridized carbons (Fsp3) is 0.143. The van der Waals surface area contributed by atoms with Gasteiger partial charge in [0.25, 0.3) is 0 Å². The smallest absolute Gasteiger partial charge is 0.148 e. The lowest BCUT2D eigenvalue weighted by molar-refractivity contribution is 0.578. The standard InChI is InChI=1S/C14H11BrF3N/c1-7(19)8-2-4-11(16)9(6-8)13-12(17)5-3-10(15)14(13)18/h2-7H,19H2,1H3. The minimum atomic E-state index is -0.833. The number of halogens is 4. The first-order valence-corrected chi connectivity index (χ1v) is 6.40. The molecule has 2 aromatic carbocycles. The molecule has 0 aliphatic heterocycles. The summed E-state index contributed by atoms with van der Waals surface area (Å²) in [5.41, 5.74) is 5.78. The van der Waals surface area contributed by atoms with Crippen molar-refractivity contribution in [1.29, 1.82) is 0 Å². The van der Waals surface area contributed by atoms with E-state index in [0.29, 0.717) is 5.56 Å². The van der Waals surface area contributed by atoms with Gasteiger partial charge in [0.2, 0.25) is 0 Å². The van der Waals surface area contributed by atoms with E-state index in [0.717, 1.165) is 12.1 Å². The highest BCUT2D eigenvalue weighted by Crippen LogP contribution is 2.33. The molecule has 2 aromatic rings. The van der Waals surface area contributed by atoms with Crippen molar-refractivity contribution in [3.8, 4) is 11.1 Å². The molecule has 0 fully saturated rings. The van der Waals surface area contributed by atoms with E-state index in [2.05, 4.69) is 15.9 Å². The fourth-order valence-electron chi connectivity index (χ4n) is 1.79. The van der Waals surface area contributed by atoms with Crippen LogP contribution in [0.4, 0.5) is 13.2 Å². The lowest BCUT2D eigenvalue weighted by Gasteiger charge is -2.12. The van der Waals surface area contributed by atoms with Crippen LogP contribution in [0.5, 0.6) is 0 Å². The third-order valence-electron chi connectivity index (χ3n) is 2.83. The van der Waals surface area contributed by atoms with Gasteiger partial charge in [-0.1, -0.05) is 6.07 Å². The highest BCUT2D eigenvalue weighted by Gasteiger charge is 2.18. The van der Waals surface area contributed by atoms with Crippen molar-refractivity contribution in [2.75, 3.05) is 0 Å². The maximum absolute atomic E-state index is 14.0. The Hall–Kier alpha value is -1.33. The molecule has 0 saturated carbocycles. The first-order chi connectivity index (χ1) is 8.91. The highest BCUT2D eigenvalue weighted by atomic mass is 79.9. The van der Waals surface area contributed by atoms with Crippen molar-refractivity contribution in [1.82, 2.24) is 0 Å². The Labute approximate surface area is 117 Å². The van der Waals surface area contributed by atoms with Gasteiger partial charge in [-0.15, -0.1) is 0 Å². The zero-order valence-electron chi connectivity index (χ0n) is 10.1. The van der Waals surface area contributed by atoms with E-state index in [9.17, 15) is 13.2 Å². The molecule has 0 aromatic heterocycles. The molecule has 2 rings (SSSR count). The van der Waals surface area contributed by atoms with Crippen molar-refractivity contribution in [3.63, 3.8) is 0 Å². The lowest BCUT2D eigenvalue weighted by Crippen LogP contribution is -2.06. The second-order valence-corrected chi connectivity index (χ2v) is 5.10. The van der Waals surface area contributed by atoms with Gasteiger partial charge in [-0.2, -0.15) is 0 Å². The van der Waals surface area contributed by atoms with Gasteiger partial charge in [-0.25, -0.2) is 13.2 Å². The predicted octanol–water partition coefficient (Wildman–Crippen LogP) is 4.55. The second kappa shape index (κ2) is 5.35. The van der Waals surface area contributed by atoms with Gasteiger partial charge in [-0.3, -0.25) is 0 Å². The zero-order valence-corrected chi connectivity index (χ0v) is 11.6. The second-order valence-electron chi connectivity index (χ2n) is 4.25. The van der Waals surface area contributed by atoms with Crippen LogP contribution in [0, 0.1) is 17.5 Å². The monoisotopic (exact) mass is 329 g/mol. The summed E-state index contributed by atoms with van der Waals surface area (Å²) in [6, 6.07) is 6.00. The largest absolute Gasteiger partial charge is 0.324 e. The third-order valence-corrected chi connectivity index (χ3v) is 3.44. The first kappa shape index (κ1) is 14.1. The minimum absolute atomic E-state index is 0.0782. The molecule has 100 valence electrons. The van der Waals surface area contributed by atoms with Crippen LogP contribution in [-0.4, -0.2) is 0 Å². The van der Waals surface area contributed by atoms with E-state index >= 15 is 0 Å². The number of hydrogen-bond acceptors (Lipinski definition) is 1. The Morgan fingerprint density at radius 1 is 1.05 bits per heavy atom. The molecule has 0 aliphatic rings. The Kier molecular flexibility index (Phi) is 3.96.